The van der Waals surface area contributed by atoms with Crippen LogP contribution in [-0.2, 0) is 38.0 Å². The van der Waals surface area contributed by atoms with Crippen LogP contribution in [0.5, 0.6) is 0 Å². The number of ether oxygens (including phenoxy) is 6. The molecule has 0 spiro atoms. The molecule has 2 heterocycles. The van der Waals surface area contributed by atoms with Crippen molar-refractivity contribution in [3.05, 3.63) is 23.8 Å². The molecule has 1 aliphatic carbocycles. The highest BCUT2D eigenvalue weighted by Gasteiger charge is 2.46. The summed E-state index contributed by atoms with van der Waals surface area (Å²) in [5, 5.41) is 0. The molecule has 0 unspecified atom stereocenters. The number of hydrogen-bond acceptors (Lipinski definition) is 8. The van der Waals surface area contributed by atoms with E-state index in [1.807, 2.05) is 6.08 Å². The molecule has 3 aliphatic rings. The summed E-state index contributed by atoms with van der Waals surface area (Å²) >= 11 is 0. The van der Waals surface area contributed by atoms with E-state index in [4.69, 9.17) is 25.4 Å². The van der Waals surface area contributed by atoms with Gasteiger partial charge in [-0.3, -0.25) is 0 Å². The van der Waals surface area contributed by atoms with Gasteiger partial charge in [-0.15, -0.1) is 6.42 Å². The average molecular weight is 408 g/mol. The lowest BCUT2D eigenvalue weighted by molar-refractivity contribution is -0.137. The number of methoxy groups -OCH3 is 3. The predicted octanol–water partition coefficient (Wildman–Crippen LogP) is 1.39. The first-order chi connectivity index (χ1) is 13.9. The lowest BCUT2D eigenvalue weighted by atomic mass is 9.90. The van der Waals surface area contributed by atoms with E-state index in [0.29, 0.717) is 24.0 Å². The lowest BCUT2D eigenvalue weighted by Crippen LogP contribution is -2.25. The molecule has 2 fully saturated rings. The number of carbonyl (C=O) groups is 2. The Hall–Kier alpha value is -2.18. The maximum Gasteiger partial charge on any atom is 0.333 e. The van der Waals surface area contributed by atoms with Gasteiger partial charge in [-0.25, -0.2) is 9.59 Å². The highest BCUT2D eigenvalue weighted by atomic mass is 16.7. The molecular weight excluding hydrogens is 380 g/mol. The molecule has 8 heteroatoms. The summed E-state index contributed by atoms with van der Waals surface area (Å²) in [5.74, 6) is 2.25. The van der Waals surface area contributed by atoms with E-state index in [1.165, 1.54) is 21.3 Å². The molecule has 0 aromatic heterocycles. The first-order valence-electron chi connectivity index (χ1n) is 9.28. The van der Waals surface area contributed by atoms with Gasteiger partial charge in [-0.05, 0) is 18.4 Å². The largest absolute Gasteiger partial charge is 0.466 e. The predicted molar refractivity (Wildman–Crippen MR) is 103 cm³/mol. The van der Waals surface area contributed by atoms with Crippen LogP contribution in [0.2, 0.25) is 0 Å². The standard InChI is InChI=1S/C12H16O5.C9H12O3/c1-5-9-11(17-9)10(16-7-14-3)6-8(2)12(13)15-4;1-5-3-6(9(10)11-2)4-7-8(5)12-7/h1,9-11H,2,6-7H2,3-4H3;4-5,7-8H,3H2,1-2H3/t9-,10-,11-;5-,7-,8+/m11/s1. The number of hydrogen-bond donors (Lipinski definition) is 0. The second-order valence-electron chi connectivity index (χ2n) is 7.03. The van der Waals surface area contributed by atoms with Gasteiger partial charge in [0.05, 0.1) is 26.4 Å². The third-order valence-electron chi connectivity index (χ3n) is 4.86. The summed E-state index contributed by atoms with van der Waals surface area (Å²) in [5.41, 5.74) is 1.09. The Kier molecular flexibility index (Phi) is 8.41. The van der Waals surface area contributed by atoms with Gasteiger partial charge in [-0.2, -0.15) is 0 Å². The number of esters is 2. The topological polar surface area (TPSA) is 96.1 Å². The second kappa shape index (κ2) is 10.6. The van der Waals surface area contributed by atoms with Crippen LogP contribution in [0.1, 0.15) is 19.8 Å². The summed E-state index contributed by atoms with van der Waals surface area (Å²) in [6.07, 6.45) is 7.93. The highest BCUT2D eigenvalue weighted by Crippen LogP contribution is 2.39. The molecule has 29 heavy (non-hydrogen) atoms. The third-order valence-corrected chi connectivity index (χ3v) is 4.86. The van der Waals surface area contributed by atoms with Gasteiger partial charge < -0.3 is 28.4 Å². The lowest BCUT2D eigenvalue weighted by Gasteiger charge is -2.15. The van der Waals surface area contributed by atoms with Crippen molar-refractivity contribution in [3.63, 3.8) is 0 Å². The minimum Gasteiger partial charge on any atom is -0.466 e. The molecular formula is C21H28O8. The molecule has 2 aliphatic heterocycles. The first-order valence-corrected chi connectivity index (χ1v) is 9.28. The van der Waals surface area contributed by atoms with Crippen LogP contribution < -0.4 is 0 Å². The van der Waals surface area contributed by atoms with Gasteiger partial charge in [-0.1, -0.05) is 19.4 Å². The van der Waals surface area contributed by atoms with E-state index in [2.05, 4.69) is 28.9 Å². The maximum atomic E-state index is 11.2. The zero-order valence-electron chi connectivity index (χ0n) is 17.2. The van der Waals surface area contributed by atoms with Crippen LogP contribution in [-0.4, -0.2) is 70.6 Å². The zero-order valence-corrected chi connectivity index (χ0v) is 17.2. The maximum absolute atomic E-state index is 11.2. The van der Waals surface area contributed by atoms with Crippen molar-refractivity contribution in [2.45, 2.75) is 50.3 Å². The Morgan fingerprint density at radius 2 is 2.03 bits per heavy atom. The minimum atomic E-state index is -0.464. The van der Waals surface area contributed by atoms with Crippen molar-refractivity contribution in [2.75, 3.05) is 28.1 Å². The SMILES string of the molecule is C#C[C@H]1O[C@H]1[C@@H](CC(=C)C(=O)OC)OCOC.COC(=O)C1=C[C@H]2O[C@H]2[C@H](C)C1. The zero-order chi connectivity index (χ0) is 21.6. The van der Waals surface area contributed by atoms with Gasteiger partial charge in [0.2, 0.25) is 0 Å². The molecule has 0 radical (unpaired) electrons. The summed E-state index contributed by atoms with van der Waals surface area (Å²) in [6, 6.07) is 0. The molecule has 0 saturated carbocycles. The van der Waals surface area contributed by atoms with Gasteiger partial charge in [0.15, 0.2) is 0 Å². The number of fused-ring (bicyclic) bond motifs is 1. The Bertz CT molecular complexity index is 691. The molecule has 2 saturated heterocycles. The number of rotatable bonds is 8. The second-order valence-corrected chi connectivity index (χ2v) is 7.03. The van der Waals surface area contributed by atoms with E-state index < -0.39 is 5.97 Å². The number of terminal acetylenes is 1. The minimum absolute atomic E-state index is 0.107. The monoisotopic (exact) mass is 408 g/mol. The number of epoxide rings is 2. The Balaban J connectivity index is 0.000000218. The fourth-order valence-electron chi connectivity index (χ4n) is 3.18. The van der Waals surface area contributed by atoms with Crippen molar-refractivity contribution in [1.82, 2.24) is 0 Å². The van der Waals surface area contributed by atoms with Crippen molar-refractivity contribution >= 4 is 11.9 Å². The quantitative estimate of drug-likeness (QED) is 0.195. The molecule has 0 N–H and O–H groups in total. The molecule has 0 aromatic rings. The van der Waals surface area contributed by atoms with Crippen LogP contribution in [0, 0.1) is 18.3 Å². The molecule has 3 rings (SSSR count). The van der Waals surface area contributed by atoms with Crippen molar-refractivity contribution < 1.29 is 38.0 Å². The van der Waals surface area contributed by atoms with Crippen LogP contribution in [0.3, 0.4) is 0 Å². The van der Waals surface area contributed by atoms with E-state index in [0.717, 1.165) is 12.0 Å². The molecule has 0 aromatic carbocycles. The first kappa shape index (κ1) is 23.1. The highest BCUT2D eigenvalue weighted by molar-refractivity contribution is 5.89. The third kappa shape index (κ3) is 6.41. The van der Waals surface area contributed by atoms with Gasteiger partial charge in [0.1, 0.15) is 25.1 Å². The van der Waals surface area contributed by atoms with Crippen LogP contribution in [0.25, 0.3) is 0 Å². The Morgan fingerprint density at radius 3 is 2.55 bits per heavy atom. The molecule has 0 bridgehead atoms. The van der Waals surface area contributed by atoms with Crippen LogP contribution in [0.4, 0.5) is 0 Å². The van der Waals surface area contributed by atoms with Gasteiger partial charge in [0, 0.05) is 24.7 Å². The summed E-state index contributed by atoms with van der Waals surface area (Å²) < 4.78 is 30.0. The Morgan fingerprint density at radius 1 is 1.31 bits per heavy atom. The van der Waals surface area contributed by atoms with Crippen molar-refractivity contribution in [1.29, 1.82) is 0 Å². The number of carbonyl (C=O) groups excluding carboxylic acids is 2. The van der Waals surface area contributed by atoms with Crippen LogP contribution in [0.15, 0.2) is 23.8 Å². The molecule has 8 nitrogen and oxygen atoms in total. The summed E-state index contributed by atoms with van der Waals surface area (Å²) in [7, 11) is 4.22. The molecule has 160 valence electrons. The summed E-state index contributed by atoms with van der Waals surface area (Å²) in [6.45, 7) is 5.84. The van der Waals surface area contributed by atoms with E-state index >= 15 is 0 Å². The molecule has 0 amide bonds. The van der Waals surface area contributed by atoms with Gasteiger partial charge in [0.25, 0.3) is 0 Å². The molecule has 6 atom stereocenters. The Labute approximate surface area is 171 Å². The normalized spacial score (nSPS) is 29.6. The van der Waals surface area contributed by atoms with E-state index in [-0.39, 0.29) is 37.2 Å². The van der Waals surface area contributed by atoms with E-state index in [1.54, 1.807) is 0 Å². The summed E-state index contributed by atoms with van der Waals surface area (Å²) in [4.78, 5) is 22.4. The fourth-order valence-corrected chi connectivity index (χ4v) is 3.18. The van der Waals surface area contributed by atoms with Crippen LogP contribution >= 0.6 is 0 Å². The fraction of sp³-hybridized carbons (Fsp3) is 0.619. The van der Waals surface area contributed by atoms with Crippen molar-refractivity contribution in [3.8, 4) is 12.3 Å². The van der Waals surface area contributed by atoms with Gasteiger partial charge >= 0.3 is 11.9 Å². The average Bonchev–Trinajstić information content (AvgIpc) is 3.63. The van der Waals surface area contributed by atoms with Crippen molar-refractivity contribution in [2.24, 2.45) is 5.92 Å². The smallest absolute Gasteiger partial charge is 0.333 e. The van der Waals surface area contributed by atoms with E-state index in [9.17, 15) is 9.59 Å².